The zero-order valence-corrected chi connectivity index (χ0v) is 22.9. The zero-order valence-electron chi connectivity index (χ0n) is 22.9. The Labute approximate surface area is 216 Å². The topological polar surface area (TPSA) is 49.8 Å². The molecule has 1 N–H and O–H groups in total. The Morgan fingerprint density at radius 1 is 1.03 bits per heavy atom. The van der Waals surface area contributed by atoms with Crippen molar-refractivity contribution in [3.05, 3.63) is 57.9 Å². The number of nitrogens with zero attached hydrogens (tertiary/aromatic N) is 1. The molecule has 4 heteroatoms. The molecule has 0 aromatic rings. The SMILES string of the molecule is CC1=C(O)C(=O)C=C2C1=CC=C1[C@@]2(C)CC=C2[C@@H]3C[C@](C)(CN4CCOCC4)CC[C@]3(C)CC[C@@]21C. The Kier molecular flexibility index (Phi) is 5.46. The van der Waals surface area contributed by atoms with Crippen LogP contribution in [0.5, 0.6) is 0 Å². The van der Waals surface area contributed by atoms with Crippen molar-refractivity contribution in [3.8, 4) is 0 Å². The smallest absolute Gasteiger partial charge is 0.220 e. The number of allylic oxidation sites excluding steroid dienone is 9. The predicted molar refractivity (Wildman–Crippen MR) is 144 cm³/mol. The molecule has 6 rings (SSSR count). The van der Waals surface area contributed by atoms with E-state index in [1.54, 1.807) is 11.6 Å². The molecule has 1 heterocycles. The molecule has 6 aliphatic rings. The van der Waals surface area contributed by atoms with Crippen LogP contribution in [0.3, 0.4) is 0 Å². The maximum atomic E-state index is 12.6. The maximum Gasteiger partial charge on any atom is 0.220 e. The largest absolute Gasteiger partial charge is 0.504 e. The van der Waals surface area contributed by atoms with Gasteiger partial charge in [0.1, 0.15) is 0 Å². The number of hydrogen-bond donors (Lipinski definition) is 1. The van der Waals surface area contributed by atoms with E-state index in [9.17, 15) is 9.90 Å². The Hall–Kier alpha value is -1.91. The molecular formula is C32H43NO3. The van der Waals surface area contributed by atoms with E-state index < -0.39 is 0 Å². The molecule has 0 aromatic carbocycles. The number of hydrogen-bond acceptors (Lipinski definition) is 4. The lowest BCUT2D eigenvalue weighted by atomic mass is 9.43. The number of rotatable bonds is 2. The van der Waals surface area contributed by atoms with Crippen molar-refractivity contribution in [1.82, 2.24) is 4.90 Å². The van der Waals surface area contributed by atoms with Crippen molar-refractivity contribution in [1.29, 1.82) is 0 Å². The van der Waals surface area contributed by atoms with E-state index in [1.807, 2.05) is 6.92 Å². The van der Waals surface area contributed by atoms with Crippen molar-refractivity contribution < 1.29 is 14.6 Å². The summed E-state index contributed by atoms with van der Waals surface area (Å²) in [6, 6.07) is 0. The number of aliphatic hydroxyl groups excluding tert-OH is 1. The van der Waals surface area contributed by atoms with Crippen LogP contribution in [0.1, 0.15) is 73.1 Å². The molecule has 1 saturated heterocycles. The molecule has 194 valence electrons. The monoisotopic (exact) mass is 489 g/mol. The summed E-state index contributed by atoms with van der Waals surface area (Å²) in [7, 11) is 0. The van der Waals surface area contributed by atoms with E-state index in [4.69, 9.17) is 4.74 Å². The predicted octanol–water partition coefficient (Wildman–Crippen LogP) is 6.48. The summed E-state index contributed by atoms with van der Waals surface area (Å²) in [5.41, 5.74) is 6.56. The van der Waals surface area contributed by atoms with E-state index in [2.05, 4.69) is 50.8 Å². The Balaban J connectivity index is 1.37. The van der Waals surface area contributed by atoms with Gasteiger partial charge in [-0.3, -0.25) is 9.69 Å². The fourth-order valence-corrected chi connectivity index (χ4v) is 8.84. The number of ether oxygens (including phenoxy) is 1. The van der Waals surface area contributed by atoms with Crippen LogP contribution in [-0.2, 0) is 9.53 Å². The normalized spacial score (nSPS) is 42.8. The summed E-state index contributed by atoms with van der Waals surface area (Å²) < 4.78 is 5.62. The van der Waals surface area contributed by atoms with Gasteiger partial charge in [0.25, 0.3) is 0 Å². The third-order valence-corrected chi connectivity index (χ3v) is 11.2. The van der Waals surface area contributed by atoms with E-state index >= 15 is 0 Å². The molecule has 5 atom stereocenters. The van der Waals surface area contributed by atoms with Crippen LogP contribution < -0.4 is 0 Å². The van der Waals surface area contributed by atoms with Gasteiger partial charge in [-0.05, 0) is 85.0 Å². The highest BCUT2D eigenvalue weighted by atomic mass is 16.5. The molecule has 2 saturated carbocycles. The van der Waals surface area contributed by atoms with Gasteiger partial charge in [0, 0.05) is 36.0 Å². The second-order valence-electron chi connectivity index (χ2n) is 13.7. The molecule has 5 aliphatic carbocycles. The van der Waals surface area contributed by atoms with Gasteiger partial charge in [0.05, 0.1) is 13.2 Å². The van der Waals surface area contributed by atoms with Gasteiger partial charge in [-0.15, -0.1) is 0 Å². The minimum Gasteiger partial charge on any atom is -0.504 e. The molecule has 0 aromatic heterocycles. The third-order valence-electron chi connectivity index (χ3n) is 11.2. The van der Waals surface area contributed by atoms with Crippen LogP contribution >= 0.6 is 0 Å². The average Bonchev–Trinajstić information content (AvgIpc) is 2.84. The van der Waals surface area contributed by atoms with Crippen LogP contribution in [0.15, 0.2) is 57.9 Å². The lowest BCUT2D eigenvalue weighted by Crippen LogP contribution is -2.53. The van der Waals surface area contributed by atoms with Gasteiger partial charge in [-0.2, -0.15) is 0 Å². The van der Waals surface area contributed by atoms with Crippen LogP contribution in [0.2, 0.25) is 0 Å². The molecule has 3 fully saturated rings. The van der Waals surface area contributed by atoms with E-state index in [0.717, 1.165) is 49.4 Å². The highest BCUT2D eigenvalue weighted by Gasteiger charge is 2.58. The van der Waals surface area contributed by atoms with Crippen molar-refractivity contribution in [2.75, 3.05) is 32.8 Å². The van der Waals surface area contributed by atoms with Gasteiger partial charge in [-0.1, -0.05) is 51.5 Å². The van der Waals surface area contributed by atoms with Gasteiger partial charge in [0.2, 0.25) is 5.78 Å². The minimum atomic E-state index is -0.246. The molecule has 0 unspecified atom stereocenters. The van der Waals surface area contributed by atoms with Crippen molar-refractivity contribution in [2.45, 2.75) is 73.1 Å². The lowest BCUT2D eigenvalue weighted by Gasteiger charge is -2.62. The second-order valence-corrected chi connectivity index (χ2v) is 13.7. The molecule has 1 aliphatic heterocycles. The van der Waals surface area contributed by atoms with Gasteiger partial charge >= 0.3 is 0 Å². The summed E-state index contributed by atoms with van der Waals surface area (Å²) in [6.45, 7) is 16.8. The molecule has 0 radical (unpaired) electrons. The van der Waals surface area contributed by atoms with Crippen LogP contribution in [-0.4, -0.2) is 48.6 Å². The van der Waals surface area contributed by atoms with Crippen LogP contribution in [0.25, 0.3) is 0 Å². The molecule has 4 nitrogen and oxygen atoms in total. The Bertz CT molecular complexity index is 1160. The van der Waals surface area contributed by atoms with Crippen LogP contribution in [0, 0.1) is 27.6 Å². The van der Waals surface area contributed by atoms with E-state index in [1.165, 1.54) is 44.2 Å². The van der Waals surface area contributed by atoms with Crippen LogP contribution in [0.4, 0.5) is 0 Å². The van der Waals surface area contributed by atoms with Gasteiger partial charge in [0.15, 0.2) is 5.76 Å². The summed E-state index contributed by atoms with van der Waals surface area (Å²) in [5.74, 6) is 0.267. The van der Waals surface area contributed by atoms with E-state index in [0.29, 0.717) is 16.7 Å². The fraction of sp³-hybridized carbons (Fsp3) is 0.656. The average molecular weight is 490 g/mol. The van der Waals surface area contributed by atoms with Crippen molar-refractivity contribution in [3.63, 3.8) is 0 Å². The van der Waals surface area contributed by atoms with Gasteiger partial charge < -0.3 is 9.84 Å². The standard InChI is InChI=1S/C32H43NO3/c1-21-22-6-7-27-31(4,24(22)18-26(34)28(21)35)9-8-23-25-19-29(2,20-33-14-16-36-17-15-33)10-11-30(25,3)12-13-32(23,27)5/h6-8,18,25,35H,9-17,19-20H2,1-5H3/t25-,29+,30+,31-,32-/m0/s1. The first-order chi connectivity index (χ1) is 17.0. The zero-order chi connectivity index (χ0) is 25.5. The summed E-state index contributed by atoms with van der Waals surface area (Å²) >= 11 is 0. The summed E-state index contributed by atoms with van der Waals surface area (Å²) in [6.07, 6.45) is 16.1. The number of morpholine rings is 1. The quantitative estimate of drug-likeness (QED) is 0.451. The Morgan fingerprint density at radius 2 is 1.75 bits per heavy atom. The second kappa shape index (κ2) is 8.04. The highest BCUT2D eigenvalue weighted by Crippen LogP contribution is 2.69. The third kappa shape index (κ3) is 3.43. The highest BCUT2D eigenvalue weighted by molar-refractivity contribution is 6.06. The first-order valence-electron chi connectivity index (χ1n) is 14.1. The Morgan fingerprint density at radius 3 is 2.50 bits per heavy atom. The first kappa shape index (κ1) is 24.4. The van der Waals surface area contributed by atoms with Gasteiger partial charge in [-0.25, -0.2) is 0 Å². The maximum absolute atomic E-state index is 12.6. The van der Waals surface area contributed by atoms with E-state index in [-0.39, 0.29) is 22.4 Å². The minimum absolute atomic E-state index is 0.0252. The first-order valence-corrected chi connectivity index (χ1v) is 14.1. The molecule has 0 bridgehead atoms. The number of carbonyl (C=O) groups excluding carboxylic acids is 1. The summed E-state index contributed by atoms with van der Waals surface area (Å²) in [4.78, 5) is 15.3. The number of ketones is 1. The number of carbonyl (C=O) groups is 1. The number of fused-ring (bicyclic) bond motifs is 7. The molecule has 36 heavy (non-hydrogen) atoms. The van der Waals surface area contributed by atoms with Crippen molar-refractivity contribution in [2.24, 2.45) is 27.6 Å². The molecule has 0 spiro atoms. The summed E-state index contributed by atoms with van der Waals surface area (Å²) in [5, 5.41) is 10.3. The molecule has 0 amide bonds. The van der Waals surface area contributed by atoms with Crippen molar-refractivity contribution >= 4 is 5.78 Å². The number of aliphatic hydroxyl groups is 1. The fourth-order valence-electron chi connectivity index (χ4n) is 8.84. The lowest BCUT2D eigenvalue weighted by molar-refractivity contribution is -0.113. The molecular weight excluding hydrogens is 446 g/mol.